The van der Waals surface area contributed by atoms with Gasteiger partial charge in [0.25, 0.3) is 0 Å². The number of guanidine groups is 1. The van der Waals surface area contributed by atoms with Crippen LogP contribution >= 0.6 is 0 Å². The third-order valence-corrected chi connectivity index (χ3v) is 2.26. The van der Waals surface area contributed by atoms with E-state index in [1.165, 1.54) is 0 Å². The Morgan fingerprint density at radius 1 is 1.37 bits per heavy atom. The quantitative estimate of drug-likeness (QED) is 0.146. The Morgan fingerprint density at radius 2 is 2.00 bits per heavy atom. The molecule has 0 amide bonds. The van der Waals surface area contributed by atoms with Crippen LogP contribution in [0, 0.1) is 5.41 Å². The molecule has 0 radical (unpaired) electrons. The Labute approximate surface area is 112 Å². The number of esters is 2. The monoisotopic (exact) mass is 276 g/mol. The minimum Gasteiger partial charge on any atom is -0.412 e. The van der Waals surface area contributed by atoms with Crippen molar-refractivity contribution in [1.29, 1.82) is 5.41 Å². The van der Waals surface area contributed by atoms with E-state index in [1.54, 1.807) is 0 Å². The molecule has 0 saturated heterocycles. The van der Waals surface area contributed by atoms with Crippen LogP contribution in [0.4, 0.5) is 0 Å². The third-order valence-electron chi connectivity index (χ3n) is 2.26. The maximum Gasteiger partial charge on any atom is 0.330 e. The fourth-order valence-electron chi connectivity index (χ4n) is 1.22. The van der Waals surface area contributed by atoms with Crippen LogP contribution in [0.15, 0.2) is 0 Å². The predicted octanol–water partition coefficient (Wildman–Crippen LogP) is -0.988. The highest BCUT2D eigenvalue weighted by Gasteiger charge is 2.17. The first-order valence-electron chi connectivity index (χ1n) is 6.05. The Balaban J connectivity index is 0. The highest BCUT2D eigenvalue weighted by atomic mass is 16.6. The summed E-state index contributed by atoms with van der Waals surface area (Å²) in [6.45, 7) is 2.41. The molecular weight excluding hydrogens is 252 g/mol. The molecule has 0 aromatic rings. The van der Waals surface area contributed by atoms with E-state index >= 15 is 0 Å². The van der Waals surface area contributed by atoms with Gasteiger partial charge in [-0.15, -0.1) is 0 Å². The summed E-state index contributed by atoms with van der Waals surface area (Å²) in [5.41, 5.74) is 10.7. The lowest BCUT2D eigenvalue weighted by atomic mass is 10.1. The summed E-state index contributed by atoms with van der Waals surface area (Å²) >= 11 is 0. The molecule has 0 heterocycles. The predicted molar refractivity (Wildman–Crippen MR) is 71.4 cm³/mol. The summed E-state index contributed by atoms with van der Waals surface area (Å²) < 4.78 is 4.60. The molecular formula is C11H24N4O4. The van der Waals surface area contributed by atoms with E-state index in [-0.39, 0.29) is 17.9 Å². The van der Waals surface area contributed by atoms with E-state index in [0.717, 1.165) is 6.42 Å². The maximum absolute atomic E-state index is 11.4. The van der Waals surface area contributed by atoms with Gasteiger partial charge in [0.2, 0.25) is 0 Å². The van der Waals surface area contributed by atoms with E-state index < -0.39 is 18.0 Å². The summed E-state index contributed by atoms with van der Waals surface area (Å²) in [6, 6.07) is -0.815. The topological polar surface area (TPSA) is 163 Å². The largest absolute Gasteiger partial charge is 0.412 e. The molecule has 8 N–H and O–H groups in total. The van der Waals surface area contributed by atoms with Gasteiger partial charge >= 0.3 is 11.9 Å². The fourth-order valence-corrected chi connectivity index (χ4v) is 1.22. The lowest BCUT2D eigenvalue weighted by molar-refractivity contribution is -0.160. The zero-order valence-corrected chi connectivity index (χ0v) is 11.2. The first kappa shape index (κ1) is 19.7. The van der Waals surface area contributed by atoms with Crippen molar-refractivity contribution in [2.24, 2.45) is 11.5 Å². The van der Waals surface area contributed by atoms with Crippen LogP contribution in [0.25, 0.3) is 0 Å². The number of rotatable bonds is 8. The highest BCUT2D eigenvalue weighted by molar-refractivity contribution is 5.88. The molecule has 0 aromatic carbocycles. The molecule has 0 bridgehead atoms. The standard InChI is InChI=1S/C11H22N4O3.H2O/c1-2-3-6-9(16)18-10(17)8(12)5-4-7-15-11(13)14;/h8H,2-7,12H2,1H3,(H4,13,14,15);1H2/t8-;/m0./s1. The molecule has 112 valence electrons. The van der Waals surface area contributed by atoms with Crippen LogP contribution in [0.1, 0.15) is 39.0 Å². The molecule has 0 saturated carbocycles. The summed E-state index contributed by atoms with van der Waals surface area (Å²) in [7, 11) is 0. The molecule has 19 heavy (non-hydrogen) atoms. The number of carbonyl (C=O) groups is 2. The van der Waals surface area contributed by atoms with Crippen molar-refractivity contribution in [2.45, 2.75) is 45.1 Å². The molecule has 8 nitrogen and oxygen atoms in total. The van der Waals surface area contributed by atoms with E-state index in [4.69, 9.17) is 16.9 Å². The summed E-state index contributed by atoms with van der Waals surface area (Å²) in [5.74, 6) is -1.35. The molecule has 1 atom stereocenters. The normalized spacial score (nSPS) is 11.1. The van der Waals surface area contributed by atoms with Crippen molar-refractivity contribution in [3.05, 3.63) is 0 Å². The van der Waals surface area contributed by atoms with Gasteiger partial charge in [-0.3, -0.25) is 10.2 Å². The highest BCUT2D eigenvalue weighted by Crippen LogP contribution is 2.01. The average Bonchev–Trinajstić information content (AvgIpc) is 2.31. The van der Waals surface area contributed by atoms with Crippen LogP contribution in [-0.2, 0) is 14.3 Å². The number of nitrogens with two attached hydrogens (primary N) is 2. The Kier molecular flexibility index (Phi) is 11.8. The van der Waals surface area contributed by atoms with Crippen molar-refractivity contribution in [3.63, 3.8) is 0 Å². The second-order valence-corrected chi connectivity index (χ2v) is 3.99. The number of ether oxygens (including phenoxy) is 1. The van der Waals surface area contributed by atoms with Crippen molar-refractivity contribution >= 4 is 17.9 Å². The van der Waals surface area contributed by atoms with Crippen LogP contribution in [0.3, 0.4) is 0 Å². The van der Waals surface area contributed by atoms with Gasteiger partial charge in [0, 0.05) is 13.0 Å². The molecule has 0 aliphatic heterocycles. The van der Waals surface area contributed by atoms with Crippen LogP contribution in [0.5, 0.6) is 0 Å². The van der Waals surface area contributed by atoms with Crippen molar-refractivity contribution < 1.29 is 19.8 Å². The first-order valence-corrected chi connectivity index (χ1v) is 6.05. The fraction of sp³-hybridized carbons (Fsp3) is 0.727. The second-order valence-electron chi connectivity index (χ2n) is 3.99. The third kappa shape index (κ3) is 11.2. The summed E-state index contributed by atoms with van der Waals surface area (Å²) in [6.07, 6.45) is 2.75. The van der Waals surface area contributed by atoms with Gasteiger partial charge in [-0.2, -0.15) is 0 Å². The minimum absolute atomic E-state index is 0. The van der Waals surface area contributed by atoms with Gasteiger partial charge in [0.05, 0.1) is 0 Å². The lowest BCUT2D eigenvalue weighted by Crippen LogP contribution is -2.36. The summed E-state index contributed by atoms with van der Waals surface area (Å²) in [4.78, 5) is 22.6. The smallest absolute Gasteiger partial charge is 0.330 e. The van der Waals surface area contributed by atoms with Crippen molar-refractivity contribution in [1.82, 2.24) is 5.32 Å². The number of hydrogen-bond donors (Lipinski definition) is 4. The van der Waals surface area contributed by atoms with Gasteiger partial charge in [0.1, 0.15) is 6.04 Å². The van der Waals surface area contributed by atoms with E-state index in [2.05, 4.69) is 10.1 Å². The molecule has 0 spiro atoms. The Hall–Kier alpha value is -1.67. The van der Waals surface area contributed by atoms with Crippen LogP contribution in [-0.4, -0.2) is 36.0 Å². The molecule has 0 rings (SSSR count). The number of nitrogens with one attached hydrogen (secondary N) is 2. The summed E-state index contributed by atoms with van der Waals surface area (Å²) in [5, 5.41) is 9.52. The molecule has 8 heteroatoms. The number of carbonyl (C=O) groups excluding carboxylic acids is 2. The second kappa shape index (κ2) is 11.4. The van der Waals surface area contributed by atoms with Gasteiger partial charge in [-0.1, -0.05) is 13.3 Å². The first-order chi connectivity index (χ1) is 8.47. The van der Waals surface area contributed by atoms with E-state index in [0.29, 0.717) is 25.8 Å². The SMILES string of the molecule is CCCCC(=O)OC(=O)[C@@H](N)CCCNC(=N)N.O. The van der Waals surface area contributed by atoms with Crippen LogP contribution < -0.4 is 16.8 Å². The zero-order chi connectivity index (χ0) is 14.0. The van der Waals surface area contributed by atoms with Gasteiger partial charge < -0.3 is 27.0 Å². The lowest BCUT2D eigenvalue weighted by Gasteiger charge is -2.10. The zero-order valence-electron chi connectivity index (χ0n) is 11.2. The van der Waals surface area contributed by atoms with Gasteiger partial charge in [-0.25, -0.2) is 4.79 Å². The molecule has 0 aliphatic rings. The molecule has 0 aliphatic carbocycles. The van der Waals surface area contributed by atoms with Gasteiger partial charge in [-0.05, 0) is 19.3 Å². The number of unbranched alkanes of at least 4 members (excludes halogenated alkanes) is 1. The molecule has 0 aromatic heterocycles. The number of hydrogen-bond acceptors (Lipinski definition) is 5. The molecule has 0 unspecified atom stereocenters. The van der Waals surface area contributed by atoms with Crippen molar-refractivity contribution in [2.75, 3.05) is 6.54 Å². The minimum atomic E-state index is -0.815. The van der Waals surface area contributed by atoms with Crippen molar-refractivity contribution in [3.8, 4) is 0 Å². The maximum atomic E-state index is 11.4. The van der Waals surface area contributed by atoms with E-state index in [1.807, 2.05) is 6.92 Å². The van der Waals surface area contributed by atoms with Crippen LogP contribution in [0.2, 0.25) is 0 Å². The Morgan fingerprint density at radius 3 is 2.53 bits per heavy atom. The average molecular weight is 276 g/mol. The van der Waals surface area contributed by atoms with Gasteiger partial charge in [0.15, 0.2) is 5.96 Å². The molecule has 0 fully saturated rings. The van der Waals surface area contributed by atoms with E-state index in [9.17, 15) is 9.59 Å². The Bertz CT molecular complexity index is 296.